The van der Waals surface area contributed by atoms with Crippen molar-refractivity contribution in [2.45, 2.75) is 25.0 Å². The van der Waals surface area contributed by atoms with Gasteiger partial charge < -0.3 is 5.11 Å². The first kappa shape index (κ1) is 12.6. The molecule has 0 radical (unpaired) electrons. The molecule has 18 heavy (non-hydrogen) atoms. The number of carboxylic acid groups (broad SMARTS) is 1. The van der Waals surface area contributed by atoms with Gasteiger partial charge in [0.1, 0.15) is 0 Å². The van der Waals surface area contributed by atoms with Gasteiger partial charge in [0, 0.05) is 12.2 Å². The van der Waals surface area contributed by atoms with Crippen LogP contribution in [0, 0.1) is 0 Å². The maximum Gasteiger partial charge on any atom is 0.313 e. The minimum atomic E-state index is -0.872. The van der Waals surface area contributed by atoms with E-state index in [0.29, 0.717) is 11.0 Å². The van der Waals surface area contributed by atoms with Crippen molar-refractivity contribution in [1.29, 1.82) is 0 Å². The van der Waals surface area contributed by atoms with E-state index in [9.17, 15) is 4.79 Å². The highest BCUT2D eigenvalue weighted by molar-refractivity contribution is 7.99. The second kappa shape index (κ2) is 5.21. The lowest BCUT2D eigenvalue weighted by Crippen LogP contribution is -2.06. The highest BCUT2D eigenvalue weighted by atomic mass is 32.2. The Morgan fingerprint density at radius 3 is 2.89 bits per heavy atom. The van der Waals surface area contributed by atoms with E-state index in [4.69, 9.17) is 5.11 Å². The van der Waals surface area contributed by atoms with Crippen molar-refractivity contribution in [2.75, 3.05) is 5.75 Å². The first-order chi connectivity index (χ1) is 8.59. The van der Waals surface area contributed by atoms with Gasteiger partial charge in [0.25, 0.3) is 0 Å². The second-order valence-electron chi connectivity index (χ2n) is 3.94. The smallest absolute Gasteiger partial charge is 0.313 e. The molecule has 7 nitrogen and oxygen atoms in total. The van der Waals surface area contributed by atoms with Crippen molar-refractivity contribution < 1.29 is 9.90 Å². The molecular weight excluding hydrogens is 254 g/mol. The lowest BCUT2D eigenvalue weighted by atomic mass is 10.3. The molecule has 0 fully saturated rings. The Balaban J connectivity index is 2.34. The molecule has 2 aromatic rings. The Morgan fingerprint density at radius 2 is 2.33 bits per heavy atom. The number of carbonyl (C=O) groups is 1. The topological polar surface area (TPSA) is 96.7 Å². The molecule has 0 saturated heterocycles. The maximum absolute atomic E-state index is 10.6. The number of thioether (sulfide) groups is 1. The molecule has 0 unspecified atom stereocenters. The van der Waals surface area contributed by atoms with Crippen LogP contribution in [-0.2, 0) is 4.79 Å². The number of nitrogens with one attached hydrogen (secondary N) is 1. The molecule has 0 amide bonds. The molecule has 2 heterocycles. The molecule has 0 aliphatic heterocycles. The third-order valence-corrected chi connectivity index (χ3v) is 3.19. The summed E-state index contributed by atoms with van der Waals surface area (Å²) in [4.78, 5) is 10.6. The SMILES string of the molecule is CC(C)n1c(SCC(=O)O)nnc1-c1cn[nH]c1. The van der Waals surface area contributed by atoms with Gasteiger partial charge in [-0.05, 0) is 13.8 Å². The van der Waals surface area contributed by atoms with Crippen molar-refractivity contribution in [2.24, 2.45) is 0 Å². The molecule has 8 heteroatoms. The highest BCUT2D eigenvalue weighted by Crippen LogP contribution is 2.26. The molecule has 96 valence electrons. The van der Waals surface area contributed by atoms with E-state index in [1.54, 1.807) is 12.4 Å². The molecule has 0 spiro atoms. The molecule has 2 rings (SSSR count). The Hall–Kier alpha value is -1.83. The van der Waals surface area contributed by atoms with Gasteiger partial charge in [-0.2, -0.15) is 5.10 Å². The zero-order valence-corrected chi connectivity index (χ0v) is 10.8. The van der Waals surface area contributed by atoms with Gasteiger partial charge in [0.2, 0.25) is 0 Å². The summed E-state index contributed by atoms with van der Waals surface area (Å²) in [5.41, 5.74) is 0.832. The molecule has 0 saturated carbocycles. The molecule has 0 bridgehead atoms. The maximum atomic E-state index is 10.6. The Labute approximate surface area is 108 Å². The first-order valence-corrected chi connectivity index (χ1v) is 6.36. The van der Waals surface area contributed by atoms with E-state index in [-0.39, 0.29) is 11.8 Å². The standard InChI is InChI=1S/C10H13N5O2S/c1-6(2)15-9(7-3-11-12-4-7)13-14-10(15)18-5-8(16)17/h3-4,6H,5H2,1-2H3,(H,11,12)(H,16,17). The number of hydrogen-bond donors (Lipinski definition) is 2. The number of aromatic nitrogens is 5. The fourth-order valence-electron chi connectivity index (χ4n) is 1.54. The fourth-order valence-corrected chi connectivity index (χ4v) is 2.32. The number of hydrogen-bond acceptors (Lipinski definition) is 5. The van der Waals surface area contributed by atoms with E-state index < -0.39 is 5.97 Å². The summed E-state index contributed by atoms with van der Waals surface area (Å²) in [6.45, 7) is 4.00. The van der Waals surface area contributed by atoms with Gasteiger partial charge in [0.05, 0.1) is 17.5 Å². The summed E-state index contributed by atoms with van der Waals surface area (Å²) in [5.74, 6) is -0.217. The van der Waals surface area contributed by atoms with Crippen molar-refractivity contribution in [3.8, 4) is 11.4 Å². The summed E-state index contributed by atoms with van der Waals surface area (Å²) in [6.07, 6.45) is 3.39. The largest absolute Gasteiger partial charge is 0.481 e. The zero-order chi connectivity index (χ0) is 13.1. The Morgan fingerprint density at radius 1 is 1.56 bits per heavy atom. The van der Waals surface area contributed by atoms with Crippen LogP contribution in [0.15, 0.2) is 17.6 Å². The quantitative estimate of drug-likeness (QED) is 0.795. The first-order valence-electron chi connectivity index (χ1n) is 5.38. The second-order valence-corrected chi connectivity index (χ2v) is 4.88. The van der Waals surface area contributed by atoms with Crippen molar-refractivity contribution in [3.63, 3.8) is 0 Å². The van der Waals surface area contributed by atoms with Crippen LogP contribution in [0.2, 0.25) is 0 Å². The van der Waals surface area contributed by atoms with Gasteiger partial charge in [-0.3, -0.25) is 14.5 Å². The van der Waals surface area contributed by atoms with Gasteiger partial charge in [0.15, 0.2) is 11.0 Å². The van der Waals surface area contributed by atoms with Crippen LogP contribution in [-0.4, -0.2) is 41.8 Å². The Kier molecular flexibility index (Phi) is 3.66. The van der Waals surface area contributed by atoms with Crippen LogP contribution < -0.4 is 0 Å². The lowest BCUT2D eigenvalue weighted by Gasteiger charge is -2.12. The summed E-state index contributed by atoms with van der Waals surface area (Å²) in [6, 6.07) is 0.140. The Bertz CT molecular complexity index is 534. The average molecular weight is 267 g/mol. The van der Waals surface area contributed by atoms with Gasteiger partial charge in [-0.25, -0.2) is 0 Å². The average Bonchev–Trinajstić information content (AvgIpc) is 2.94. The monoisotopic (exact) mass is 267 g/mol. The number of rotatable bonds is 5. The minimum Gasteiger partial charge on any atom is -0.481 e. The van der Waals surface area contributed by atoms with Gasteiger partial charge >= 0.3 is 5.97 Å². The molecule has 0 aliphatic rings. The zero-order valence-electron chi connectivity index (χ0n) is 9.99. The summed E-state index contributed by atoms with van der Waals surface area (Å²) in [7, 11) is 0. The van der Waals surface area contributed by atoms with Crippen LogP contribution >= 0.6 is 11.8 Å². The van der Waals surface area contributed by atoms with E-state index in [2.05, 4.69) is 20.4 Å². The molecular formula is C10H13N5O2S. The normalized spacial score (nSPS) is 11.1. The predicted octanol–water partition coefficient (Wildman–Crippen LogP) is 1.43. The summed E-state index contributed by atoms with van der Waals surface area (Å²) >= 11 is 1.16. The van der Waals surface area contributed by atoms with E-state index >= 15 is 0 Å². The number of H-pyrrole nitrogens is 1. The third kappa shape index (κ3) is 2.53. The number of carboxylic acids is 1. The van der Waals surface area contributed by atoms with Crippen molar-refractivity contribution in [3.05, 3.63) is 12.4 Å². The van der Waals surface area contributed by atoms with Crippen LogP contribution in [0.5, 0.6) is 0 Å². The highest BCUT2D eigenvalue weighted by Gasteiger charge is 2.17. The molecule has 2 aromatic heterocycles. The van der Waals surface area contributed by atoms with Crippen molar-refractivity contribution in [1.82, 2.24) is 25.0 Å². The summed E-state index contributed by atoms with van der Waals surface area (Å²) < 4.78 is 1.90. The molecule has 0 atom stereocenters. The number of aliphatic carboxylic acids is 1. The van der Waals surface area contributed by atoms with Crippen molar-refractivity contribution >= 4 is 17.7 Å². The van der Waals surface area contributed by atoms with Gasteiger partial charge in [-0.1, -0.05) is 11.8 Å². The van der Waals surface area contributed by atoms with Crippen LogP contribution in [0.4, 0.5) is 0 Å². The molecule has 2 N–H and O–H groups in total. The molecule has 0 aliphatic carbocycles. The number of aromatic amines is 1. The predicted molar refractivity (Wildman–Crippen MR) is 66.3 cm³/mol. The van der Waals surface area contributed by atoms with Crippen LogP contribution in [0.25, 0.3) is 11.4 Å². The van der Waals surface area contributed by atoms with Crippen LogP contribution in [0.1, 0.15) is 19.9 Å². The van der Waals surface area contributed by atoms with Gasteiger partial charge in [-0.15, -0.1) is 10.2 Å². The minimum absolute atomic E-state index is 0.0315. The third-order valence-electron chi connectivity index (χ3n) is 2.26. The van der Waals surface area contributed by atoms with E-state index in [0.717, 1.165) is 17.3 Å². The lowest BCUT2D eigenvalue weighted by molar-refractivity contribution is -0.133. The molecule has 0 aromatic carbocycles. The summed E-state index contributed by atoms with van der Waals surface area (Å²) in [5, 5.41) is 24.0. The fraction of sp³-hybridized carbons (Fsp3) is 0.400. The van der Waals surface area contributed by atoms with E-state index in [1.807, 2.05) is 18.4 Å². The number of nitrogens with zero attached hydrogens (tertiary/aromatic N) is 4. The van der Waals surface area contributed by atoms with Crippen LogP contribution in [0.3, 0.4) is 0 Å². The van der Waals surface area contributed by atoms with E-state index in [1.165, 1.54) is 0 Å².